The van der Waals surface area contributed by atoms with Crippen molar-refractivity contribution in [2.75, 3.05) is 34.4 Å². The normalized spacial score (nSPS) is 16.4. The molecule has 0 atom stereocenters. The average molecular weight is 353 g/mol. The number of anilines is 3. The monoisotopic (exact) mass is 353 g/mol. The molecule has 2 aromatic carbocycles. The summed E-state index contributed by atoms with van der Waals surface area (Å²) in [4.78, 5) is 29.8. The summed E-state index contributed by atoms with van der Waals surface area (Å²) in [5.74, 6) is 0.275. The Morgan fingerprint density at radius 1 is 1.12 bits per heavy atom. The maximum atomic E-state index is 13.0. The van der Waals surface area contributed by atoms with Crippen molar-refractivity contribution in [3.8, 4) is 0 Å². The predicted molar refractivity (Wildman–Crippen MR) is 101 cm³/mol. The average Bonchev–Trinajstić information content (AvgIpc) is 2.64. The summed E-state index contributed by atoms with van der Waals surface area (Å²) in [5, 5.41) is 0. The van der Waals surface area contributed by atoms with Crippen LogP contribution in [0.3, 0.4) is 0 Å². The molecule has 2 aliphatic rings. The van der Waals surface area contributed by atoms with Crippen LogP contribution in [0.4, 0.5) is 17.1 Å². The lowest BCUT2D eigenvalue weighted by Crippen LogP contribution is -2.46. The van der Waals surface area contributed by atoms with Crippen molar-refractivity contribution in [3.63, 3.8) is 0 Å². The van der Waals surface area contributed by atoms with E-state index in [1.54, 1.807) is 9.80 Å². The van der Waals surface area contributed by atoms with E-state index in [0.29, 0.717) is 12.3 Å². The Labute approximate surface area is 150 Å². The van der Waals surface area contributed by atoms with Gasteiger partial charge in [0.1, 0.15) is 6.54 Å². The number of carbonyl (C=O) groups is 2. The van der Waals surface area contributed by atoms with Crippen molar-refractivity contribution in [1.82, 2.24) is 0 Å². The number of fused-ring (bicyclic) bond motifs is 2. The highest BCUT2D eigenvalue weighted by Crippen LogP contribution is 2.36. The SMILES string of the molecule is Nc1cccc2c1CCCN2C(=O)CN1C(=O)CSc2ccccc21. The van der Waals surface area contributed by atoms with Gasteiger partial charge in [0.2, 0.25) is 11.8 Å². The second-order valence-electron chi connectivity index (χ2n) is 6.23. The molecule has 0 saturated carbocycles. The zero-order valence-corrected chi connectivity index (χ0v) is 14.6. The molecule has 6 heteroatoms. The van der Waals surface area contributed by atoms with Crippen LogP contribution in [0.25, 0.3) is 0 Å². The molecular formula is C19H19N3O2S. The minimum absolute atomic E-state index is 0.0261. The number of para-hydroxylation sites is 1. The summed E-state index contributed by atoms with van der Waals surface area (Å²) in [5.41, 5.74) is 9.53. The molecule has 25 heavy (non-hydrogen) atoms. The maximum absolute atomic E-state index is 13.0. The van der Waals surface area contributed by atoms with E-state index in [1.807, 2.05) is 42.5 Å². The molecule has 2 heterocycles. The van der Waals surface area contributed by atoms with Gasteiger partial charge in [0, 0.05) is 22.8 Å². The van der Waals surface area contributed by atoms with Crippen LogP contribution in [0.2, 0.25) is 0 Å². The molecule has 0 aliphatic carbocycles. The van der Waals surface area contributed by atoms with Crippen molar-refractivity contribution in [2.24, 2.45) is 0 Å². The highest BCUT2D eigenvalue weighted by molar-refractivity contribution is 8.00. The van der Waals surface area contributed by atoms with Gasteiger partial charge >= 0.3 is 0 Å². The van der Waals surface area contributed by atoms with E-state index in [4.69, 9.17) is 5.73 Å². The Balaban J connectivity index is 1.62. The van der Waals surface area contributed by atoms with Gasteiger partial charge in [-0.15, -0.1) is 11.8 Å². The van der Waals surface area contributed by atoms with Gasteiger partial charge in [-0.05, 0) is 42.7 Å². The lowest BCUT2D eigenvalue weighted by molar-refractivity contribution is -0.121. The molecule has 5 nitrogen and oxygen atoms in total. The van der Waals surface area contributed by atoms with Crippen molar-refractivity contribution >= 4 is 40.6 Å². The highest BCUT2D eigenvalue weighted by atomic mass is 32.2. The van der Waals surface area contributed by atoms with Crippen LogP contribution in [-0.4, -0.2) is 30.7 Å². The molecular weight excluding hydrogens is 334 g/mol. The minimum atomic E-state index is -0.0680. The molecule has 2 amide bonds. The molecule has 0 radical (unpaired) electrons. The Bertz CT molecular complexity index is 852. The first-order chi connectivity index (χ1) is 12.1. The van der Waals surface area contributed by atoms with Crippen molar-refractivity contribution in [1.29, 1.82) is 0 Å². The summed E-state index contributed by atoms with van der Waals surface area (Å²) >= 11 is 1.52. The molecule has 128 valence electrons. The molecule has 0 spiro atoms. The Morgan fingerprint density at radius 3 is 2.80 bits per heavy atom. The first kappa shape index (κ1) is 16.0. The number of nitrogens with two attached hydrogens (primary N) is 1. The second kappa shape index (κ2) is 6.44. The van der Waals surface area contributed by atoms with E-state index in [2.05, 4.69) is 0 Å². The molecule has 0 bridgehead atoms. The molecule has 2 N–H and O–H groups in total. The number of nitrogens with zero attached hydrogens (tertiary/aromatic N) is 2. The van der Waals surface area contributed by atoms with Crippen LogP contribution in [0.1, 0.15) is 12.0 Å². The van der Waals surface area contributed by atoms with Gasteiger partial charge in [-0.3, -0.25) is 9.59 Å². The number of amides is 2. The predicted octanol–water partition coefficient (Wildman–Crippen LogP) is 2.69. The van der Waals surface area contributed by atoms with Crippen LogP contribution in [0.15, 0.2) is 47.4 Å². The van der Waals surface area contributed by atoms with E-state index >= 15 is 0 Å². The fourth-order valence-corrected chi connectivity index (χ4v) is 4.39. The first-order valence-electron chi connectivity index (χ1n) is 8.35. The zero-order chi connectivity index (χ0) is 17.4. The molecule has 0 unspecified atom stereocenters. The van der Waals surface area contributed by atoms with Gasteiger partial charge in [0.05, 0.1) is 11.4 Å². The van der Waals surface area contributed by atoms with Gasteiger partial charge in [-0.2, -0.15) is 0 Å². The van der Waals surface area contributed by atoms with Crippen LogP contribution >= 0.6 is 11.8 Å². The Kier molecular flexibility index (Phi) is 4.13. The molecule has 4 rings (SSSR count). The standard InChI is InChI=1S/C19H19N3O2S/c20-14-6-3-8-15-13(14)5-4-10-21(15)18(23)11-22-16-7-1-2-9-17(16)25-12-19(22)24/h1-3,6-9H,4-5,10-12,20H2. The van der Waals surface area contributed by atoms with Crippen molar-refractivity contribution in [3.05, 3.63) is 48.0 Å². The van der Waals surface area contributed by atoms with Gasteiger partial charge in [0.15, 0.2) is 0 Å². The van der Waals surface area contributed by atoms with Crippen molar-refractivity contribution in [2.45, 2.75) is 17.7 Å². The lowest BCUT2D eigenvalue weighted by Gasteiger charge is -2.34. The molecule has 0 aromatic heterocycles. The van der Waals surface area contributed by atoms with Gasteiger partial charge < -0.3 is 15.5 Å². The van der Waals surface area contributed by atoms with Crippen LogP contribution < -0.4 is 15.5 Å². The number of hydrogen-bond donors (Lipinski definition) is 1. The maximum Gasteiger partial charge on any atom is 0.247 e. The first-order valence-corrected chi connectivity index (χ1v) is 9.33. The number of nitrogen functional groups attached to an aromatic ring is 1. The number of benzene rings is 2. The summed E-state index contributed by atoms with van der Waals surface area (Å²) in [6.45, 7) is 0.721. The van der Waals surface area contributed by atoms with E-state index < -0.39 is 0 Å². The molecule has 2 aromatic rings. The fraction of sp³-hybridized carbons (Fsp3) is 0.263. The number of rotatable bonds is 2. The molecule has 2 aliphatic heterocycles. The molecule has 0 fully saturated rings. The summed E-state index contributed by atoms with van der Waals surface area (Å²) in [7, 11) is 0. The van der Waals surface area contributed by atoms with Crippen LogP contribution in [0, 0.1) is 0 Å². The minimum Gasteiger partial charge on any atom is -0.398 e. The van der Waals surface area contributed by atoms with Gasteiger partial charge in [-0.1, -0.05) is 18.2 Å². The Hall–Kier alpha value is -2.47. The van der Waals surface area contributed by atoms with E-state index in [-0.39, 0.29) is 18.4 Å². The smallest absolute Gasteiger partial charge is 0.247 e. The van der Waals surface area contributed by atoms with Crippen LogP contribution in [-0.2, 0) is 16.0 Å². The van der Waals surface area contributed by atoms with Crippen molar-refractivity contribution < 1.29 is 9.59 Å². The zero-order valence-electron chi connectivity index (χ0n) is 13.8. The quantitative estimate of drug-likeness (QED) is 0.843. The number of carbonyl (C=O) groups excluding carboxylic acids is 2. The largest absolute Gasteiger partial charge is 0.398 e. The molecule has 0 saturated heterocycles. The van der Waals surface area contributed by atoms with Gasteiger partial charge in [-0.25, -0.2) is 0 Å². The number of thioether (sulfide) groups is 1. The topological polar surface area (TPSA) is 66.6 Å². The lowest BCUT2D eigenvalue weighted by atomic mass is 10.00. The fourth-order valence-electron chi connectivity index (χ4n) is 3.46. The number of hydrogen-bond acceptors (Lipinski definition) is 4. The van der Waals surface area contributed by atoms with E-state index in [0.717, 1.165) is 40.4 Å². The third kappa shape index (κ3) is 2.87. The van der Waals surface area contributed by atoms with E-state index in [1.165, 1.54) is 11.8 Å². The highest BCUT2D eigenvalue weighted by Gasteiger charge is 2.30. The third-order valence-electron chi connectivity index (χ3n) is 4.69. The summed E-state index contributed by atoms with van der Waals surface area (Å²) in [6, 6.07) is 13.4. The second-order valence-corrected chi connectivity index (χ2v) is 7.25. The third-order valence-corrected chi connectivity index (χ3v) is 5.74. The van der Waals surface area contributed by atoms with Crippen LogP contribution in [0.5, 0.6) is 0 Å². The Morgan fingerprint density at radius 2 is 1.92 bits per heavy atom. The summed E-state index contributed by atoms with van der Waals surface area (Å²) < 4.78 is 0. The van der Waals surface area contributed by atoms with E-state index in [9.17, 15) is 9.59 Å². The summed E-state index contributed by atoms with van der Waals surface area (Å²) in [6.07, 6.45) is 1.77. The van der Waals surface area contributed by atoms with Gasteiger partial charge in [0.25, 0.3) is 0 Å².